The van der Waals surface area contributed by atoms with Crippen LogP contribution in [-0.4, -0.2) is 44.2 Å². The maximum absolute atomic E-state index is 9.27. The van der Waals surface area contributed by atoms with E-state index in [0.29, 0.717) is 30.4 Å². The zero-order chi connectivity index (χ0) is 13.7. The van der Waals surface area contributed by atoms with Crippen molar-refractivity contribution >= 4 is 22.9 Å². The minimum atomic E-state index is -0.329. The Labute approximate surface area is 111 Å². The molecule has 0 spiro atoms. The summed E-state index contributed by atoms with van der Waals surface area (Å²) in [4.78, 5) is 15.9. The van der Waals surface area contributed by atoms with Gasteiger partial charge in [0.15, 0.2) is 11.5 Å². The Morgan fingerprint density at radius 2 is 2.16 bits per heavy atom. The molecule has 1 atom stereocenters. The van der Waals surface area contributed by atoms with Crippen molar-refractivity contribution in [3.05, 3.63) is 6.33 Å². The van der Waals surface area contributed by atoms with Gasteiger partial charge in [-0.2, -0.15) is 9.97 Å². The summed E-state index contributed by atoms with van der Waals surface area (Å²) in [6.07, 6.45) is 2.94. The number of hydrogen-bond acceptors (Lipinski definition) is 6. The molecule has 0 aliphatic rings. The molecule has 7 heteroatoms. The van der Waals surface area contributed by atoms with E-state index in [2.05, 4.69) is 37.5 Å². The van der Waals surface area contributed by atoms with E-state index in [4.69, 9.17) is 0 Å². The van der Waals surface area contributed by atoms with Gasteiger partial charge in [0.05, 0.1) is 12.4 Å². The summed E-state index contributed by atoms with van der Waals surface area (Å²) in [5, 5.41) is 15.6. The Morgan fingerprint density at radius 3 is 2.89 bits per heavy atom. The molecule has 0 aliphatic carbocycles. The fourth-order valence-corrected chi connectivity index (χ4v) is 1.68. The fraction of sp³-hybridized carbons (Fsp3) is 0.583. The van der Waals surface area contributed by atoms with Gasteiger partial charge in [-0.3, -0.25) is 0 Å². The molecule has 1 unspecified atom stereocenters. The van der Waals surface area contributed by atoms with Crippen molar-refractivity contribution in [1.29, 1.82) is 0 Å². The fourth-order valence-electron chi connectivity index (χ4n) is 1.68. The first-order chi connectivity index (χ1) is 9.20. The maximum Gasteiger partial charge on any atom is 0.226 e. The van der Waals surface area contributed by atoms with E-state index in [1.165, 1.54) is 0 Å². The smallest absolute Gasteiger partial charge is 0.226 e. The highest BCUT2D eigenvalue weighted by Crippen LogP contribution is 2.18. The molecule has 7 nitrogen and oxygen atoms in total. The molecule has 0 fully saturated rings. The van der Waals surface area contributed by atoms with Gasteiger partial charge >= 0.3 is 0 Å². The van der Waals surface area contributed by atoms with Gasteiger partial charge in [-0.25, -0.2) is 4.98 Å². The third-order valence-electron chi connectivity index (χ3n) is 2.67. The third kappa shape index (κ3) is 3.54. The predicted molar refractivity (Wildman–Crippen MR) is 75.3 cm³/mol. The first-order valence-electron chi connectivity index (χ1n) is 6.57. The summed E-state index contributed by atoms with van der Waals surface area (Å²) in [7, 11) is 0. The summed E-state index contributed by atoms with van der Waals surface area (Å²) < 4.78 is 0. The second-order valence-electron chi connectivity index (χ2n) is 4.49. The third-order valence-corrected chi connectivity index (χ3v) is 2.67. The summed E-state index contributed by atoms with van der Waals surface area (Å²) in [5.74, 6) is 1.28. The van der Waals surface area contributed by atoms with Crippen LogP contribution >= 0.6 is 0 Å². The normalized spacial score (nSPS) is 12.6. The lowest BCUT2D eigenvalue weighted by molar-refractivity contribution is 0.188. The minimum absolute atomic E-state index is 0.329. The van der Waals surface area contributed by atoms with Crippen LogP contribution in [0.4, 0.5) is 11.8 Å². The Hall–Kier alpha value is -1.89. The van der Waals surface area contributed by atoms with Crippen molar-refractivity contribution in [3.8, 4) is 0 Å². The lowest BCUT2D eigenvalue weighted by Gasteiger charge is -2.10. The van der Waals surface area contributed by atoms with Crippen molar-refractivity contribution in [1.82, 2.24) is 19.9 Å². The van der Waals surface area contributed by atoms with Crippen LogP contribution in [0.3, 0.4) is 0 Å². The second-order valence-corrected chi connectivity index (χ2v) is 4.49. The van der Waals surface area contributed by atoms with E-state index in [0.717, 1.165) is 18.5 Å². The van der Waals surface area contributed by atoms with E-state index in [9.17, 15) is 5.11 Å². The SMILES string of the molecule is CCCNc1nc(NCCC(C)O)c2[nH]cnc2n1. The van der Waals surface area contributed by atoms with Gasteiger partial charge < -0.3 is 20.7 Å². The molecule has 2 rings (SSSR count). The van der Waals surface area contributed by atoms with Crippen molar-refractivity contribution in [2.24, 2.45) is 0 Å². The number of aromatic nitrogens is 4. The van der Waals surface area contributed by atoms with E-state index in [1.54, 1.807) is 13.3 Å². The lowest BCUT2D eigenvalue weighted by Crippen LogP contribution is -2.12. The van der Waals surface area contributed by atoms with Crippen molar-refractivity contribution < 1.29 is 5.11 Å². The highest BCUT2D eigenvalue weighted by Gasteiger charge is 2.09. The number of hydrogen-bond donors (Lipinski definition) is 4. The monoisotopic (exact) mass is 264 g/mol. The second kappa shape index (κ2) is 6.33. The van der Waals surface area contributed by atoms with Crippen LogP contribution < -0.4 is 10.6 Å². The maximum atomic E-state index is 9.27. The zero-order valence-electron chi connectivity index (χ0n) is 11.3. The number of aromatic amines is 1. The molecule has 0 bridgehead atoms. The Bertz CT molecular complexity index is 524. The number of imidazole rings is 1. The molecule has 104 valence electrons. The molecule has 0 saturated heterocycles. The quantitative estimate of drug-likeness (QED) is 0.602. The van der Waals surface area contributed by atoms with Gasteiger partial charge in [0.1, 0.15) is 5.52 Å². The summed E-state index contributed by atoms with van der Waals surface area (Å²) >= 11 is 0. The molecule has 0 saturated carbocycles. The number of anilines is 2. The van der Waals surface area contributed by atoms with Gasteiger partial charge in [0.2, 0.25) is 5.95 Å². The molecule has 0 amide bonds. The number of fused-ring (bicyclic) bond motifs is 1. The summed E-state index contributed by atoms with van der Waals surface area (Å²) in [6.45, 7) is 5.32. The Balaban J connectivity index is 2.16. The van der Waals surface area contributed by atoms with Crippen molar-refractivity contribution in [2.45, 2.75) is 32.8 Å². The van der Waals surface area contributed by atoms with Gasteiger partial charge in [0.25, 0.3) is 0 Å². The number of rotatable bonds is 7. The van der Waals surface area contributed by atoms with Crippen LogP contribution in [0.25, 0.3) is 11.2 Å². The molecular weight excluding hydrogens is 244 g/mol. The number of aliphatic hydroxyl groups is 1. The molecule has 0 aromatic carbocycles. The molecule has 2 aromatic heterocycles. The lowest BCUT2D eigenvalue weighted by atomic mass is 10.3. The van der Waals surface area contributed by atoms with Crippen LogP contribution in [-0.2, 0) is 0 Å². The molecule has 2 heterocycles. The topological polar surface area (TPSA) is 98.8 Å². The number of H-pyrrole nitrogens is 1. The molecule has 0 aliphatic heterocycles. The van der Waals surface area contributed by atoms with Crippen LogP contribution in [0.1, 0.15) is 26.7 Å². The van der Waals surface area contributed by atoms with Gasteiger partial charge in [-0.15, -0.1) is 0 Å². The van der Waals surface area contributed by atoms with Crippen molar-refractivity contribution in [2.75, 3.05) is 23.7 Å². The van der Waals surface area contributed by atoms with E-state index in [1.807, 2.05) is 0 Å². The largest absolute Gasteiger partial charge is 0.393 e. The van der Waals surface area contributed by atoms with E-state index < -0.39 is 0 Å². The Morgan fingerprint density at radius 1 is 1.32 bits per heavy atom. The van der Waals surface area contributed by atoms with Gasteiger partial charge in [-0.05, 0) is 19.8 Å². The van der Waals surface area contributed by atoms with Crippen LogP contribution in [0.15, 0.2) is 6.33 Å². The minimum Gasteiger partial charge on any atom is -0.393 e. The number of aliphatic hydroxyl groups excluding tert-OH is 1. The molecular formula is C12H20N6O. The van der Waals surface area contributed by atoms with Gasteiger partial charge in [-0.1, -0.05) is 6.92 Å². The summed E-state index contributed by atoms with van der Waals surface area (Å²) in [6, 6.07) is 0. The Kier molecular flexibility index (Phi) is 4.51. The first-order valence-corrected chi connectivity index (χ1v) is 6.57. The molecule has 19 heavy (non-hydrogen) atoms. The summed E-state index contributed by atoms with van der Waals surface area (Å²) in [5.41, 5.74) is 1.42. The van der Waals surface area contributed by atoms with Gasteiger partial charge in [0, 0.05) is 13.1 Å². The number of nitrogens with one attached hydrogen (secondary N) is 3. The van der Waals surface area contributed by atoms with E-state index >= 15 is 0 Å². The zero-order valence-corrected chi connectivity index (χ0v) is 11.3. The average Bonchev–Trinajstić information content (AvgIpc) is 2.84. The highest BCUT2D eigenvalue weighted by atomic mass is 16.3. The van der Waals surface area contributed by atoms with Crippen LogP contribution in [0.2, 0.25) is 0 Å². The average molecular weight is 264 g/mol. The molecule has 4 N–H and O–H groups in total. The molecule has 0 radical (unpaired) electrons. The van der Waals surface area contributed by atoms with Crippen LogP contribution in [0.5, 0.6) is 0 Å². The van der Waals surface area contributed by atoms with E-state index in [-0.39, 0.29) is 6.10 Å². The predicted octanol–water partition coefficient (Wildman–Crippen LogP) is 1.36. The number of nitrogens with zero attached hydrogens (tertiary/aromatic N) is 3. The molecule has 2 aromatic rings. The van der Waals surface area contributed by atoms with Crippen molar-refractivity contribution in [3.63, 3.8) is 0 Å². The first kappa shape index (κ1) is 13.5. The van der Waals surface area contributed by atoms with Crippen LogP contribution in [0, 0.1) is 0 Å². The standard InChI is InChI=1S/C12H20N6O/c1-3-5-14-12-17-10(13-6-4-8(2)19)9-11(18-12)16-7-15-9/h7-8,19H,3-6H2,1-2H3,(H3,13,14,15,16,17,18). The highest BCUT2D eigenvalue weighted by molar-refractivity contribution is 5.83.